The number of hydrogen-bond donors (Lipinski definition) is 1. The molecule has 0 fully saturated rings. The van der Waals surface area contributed by atoms with E-state index in [2.05, 4.69) is 4.98 Å². The lowest BCUT2D eigenvalue weighted by molar-refractivity contribution is -0.137. The third-order valence-corrected chi connectivity index (χ3v) is 2.33. The highest BCUT2D eigenvalue weighted by molar-refractivity contribution is 7.09. The number of halogens is 3. The molecule has 1 aromatic rings. The van der Waals surface area contributed by atoms with Crippen molar-refractivity contribution in [2.75, 3.05) is 0 Å². The predicted molar refractivity (Wildman–Crippen MR) is 43.1 cm³/mol. The minimum Gasteiger partial charge on any atom is -0.481 e. The molecule has 0 amide bonds. The number of nitrogens with zero attached hydrogens (tertiary/aromatic N) is 1. The molecule has 3 nitrogen and oxygen atoms in total. The van der Waals surface area contributed by atoms with Crippen LogP contribution in [0.2, 0.25) is 0 Å². The Hall–Kier alpha value is -1.11. The van der Waals surface area contributed by atoms with Crippen LogP contribution in [0.25, 0.3) is 0 Å². The van der Waals surface area contributed by atoms with Gasteiger partial charge in [-0.3, -0.25) is 4.79 Å². The Labute approximate surface area is 81.2 Å². The Morgan fingerprint density at radius 1 is 1.57 bits per heavy atom. The van der Waals surface area contributed by atoms with Crippen molar-refractivity contribution in [2.24, 2.45) is 0 Å². The molecule has 0 radical (unpaired) electrons. The van der Waals surface area contributed by atoms with Crippen LogP contribution in [0.4, 0.5) is 13.2 Å². The Balaban J connectivity index is 2.64. The van der Waals surface area contributed by atoms with Gasteiger partial charge < -0.3 is 5.11 Å². The molecule has 1 heterocycles. The zero-order valence-electron chi connectivity index (χ0n) is 6.84. The second-order valence-corrected chi connectivity index (χ2v) is 3.39. The zero-order valence-corrected chi connectivity index (χ0v) is 7.65. The first-order valence-corrected chi connectivity index (χ1v) is 4.51. The van der Waals surface area contributed by atoms with E-state index in [0.29, 0.717) is 11.3 Å². The van der Waals surface area contributed by atoms with Gasteiger partial charge in [-0.2, -0.15) is 13.2 Å². The Morgan fingerprint density at radius 2 is 2.21 bits per heavy atom. The number of hydrogen-bond acceptors (Lipinski definition) is 3. The molecule has 0 saturated heterocycles. The third kappa shape index (κ3) is 2.99. The van der Waals surface area contributed by atoms with Crippen molar-refractivity contribution in [1.82, 2.24) is 4.98 Å². The van der Waals surface area contributed by atoms with Crippen LogP contribution in [0.5, 0.6) is 0 Å². The van der Waals surface area contributed by atoms with Crippen LogP contribution in [0.1, 0.15) is 17.1 Å². The van der Waals surface area contributed by atoms with E-state index in [1.165, 1.54) is 5.38 Å². The van der Waals surface area contributed by atoms with E-state index in [-0.39, 0.29) is 18.5 Å². The third-order valence-electron chi connectivity index (χ3n) is 1.39. The van der Waals surface area contributed by atoms with Gasteiger partial charge in [-0.25, -0.2) is 4.98 Å². The van der Waals surface area contributed by atoms with Crippen LogP contribution >= 0.6 is 11.3 Å². The van der Waals surface area contributed by atoms with Gasteiger partial charge in [-0.15, -0.1) is 11.3 Å². The Morgan fingerprint density at radius 3 is 2.64 bits per heavy atom. The van der Waals surface area contributed by atoms with E-state index in [9.17, 15) is 18.0 Å². The van der Waals surface area contributed by atoms with Gasteiger partial charge in [0, 0.05) is 11.8 Å². The van der Waals surface area contributed by atoms with E-state index in [0.717, 1.165) is 0 Å². The summed E-state index contributed by atoms with van der Waals surface area (Å²) in [6.07, 6.45) is -4.62. The molecule has 1 N–H and O–H groups in total. The monoisotopic (exact) mass is 225 g/mol. The first-order valence-electron chi connectivity index (χ1n) is 3.63. The van der Waals surface area contributed by atoms with Gasteiger partial charge in [-0.1, -0.05) is 0 Å². The van der Waals surface area contributed by atoms with Crippen LogP contribution in [0.3, 0.4) is 0 Å². The summed E-state index contributed by atoms with van der Waals surface area (Å²) in [6.45, 7) is 0. The lowest BCUT2D eigenvalue weighted by Gasteiger charge is -1.99. The van der Waals surface area contributed by atoms with Gasteiger partial charge in [0.25, 0.3) is 0 Å². The molecule has 0 aliphatic rings. The summed E-state index contributed by atoms with van der Waals surface area (Å²) in [5.41, 5.74) is 0.171. The lowest BCUT2D eigenvalue weighted by atomic mass is 10.2. The van der Waals surface area contributed by atoms with E-state index in [1.54, 1.807) is 0 Å². The number of alkyl halides is 3. The first kappa shape index (κ1) is 11.0. The summed E-state index contributed by atoms with van der Waals surface area (Å²) < 4.78 is 36.1. The maximum atomic E-state index is 12.0. The van der Waals surface area contributed by atoms with Crippen LogP contribution in [0.15, 0.2) is 5.38 Å². The molecule has 0 aliphatic heterocycles. The number of carboxylic acid groups (broad SMARTS) is 1. The minimum atomic E-state index is -4.44. The average molecular weight is 225 g/mol. The summed E-state index contributed by atoms with van der Waals surface area (Å²) >= 11 is 0.479. The summed E-state index contributed by atoms with van der Waals surface area (Å²) in [5, 5.41) is 8.59. The highest BCUT2D eigenvalue weighted by atomic mass is 32.1. The molecule has 0 saturated carbocycles. The van der Waals surface area contributed by atoms with Crippen molar-refractivity contribution in [1.29, 1.82) is 0 Å². The SMILES string of the molecule is O=C(O)CCc1csc(C(F)(F)F)n1. The molecule has 0 atom stereocenters. The van der Waals surface area contributed by atoms with Crippen molar-refractivity contribution in [3.05, 3.63) is 16.1 Å². The fourth-order valence-electron chi connectivity index (χ4n) is 0.787. The number of thiazole rings is 1. The van der Waals surface area contributed by atoms with E-state index in [1.807, 2.05) is 0 Å². The number of rotatable bonds is 3. The number of aliphatic carboxylic acids is 1. The highest BCUT2D eigenvalue weighted by Gasteiger charge is 2.34. The number of aryl methyl sites for hydroxylation is 1. The standard InChI is InChI=1S/C7H6F3NO2S/c8-7(9,10)6-11-4(3-14-6)1-2-5(12)13/h3H,1-2H2,(H,12,13). The van der Waals surface area contributed by atoms with Crippen LogP contribution in [0, 0.1) is 0 Å². The average Bonchev–Trinajstić information content (AvgIpc) is 2.47. The molecule has 78 valence electrons. The summed E-state index contributed by atoms with van der Waals surface area (Å²) in [7, 11) is 0. The molecule has 0 bridgehead atoms. The second kappa shape index (κ2) is 3.95. The quantitative estimate of drug-likeness (QED) is 0.857. The molecule has 14 heavy (non-hydrogen) atoms. The topological polar surface area (TPSA) is 50.2 Å². The van der Waals surface area contributed by atoms with Crippen molar-refractivity contribution in [3.63, 3.8) is 0 Å². The number of carboxylic acids is 1. The first-order chi connectivity index (χ1) is 6.39. The van der Waals surface area contributed by atoms with Crippen LogP contribution in [-0.2, 0) is 17.4 Å². The van der Waals surface area contributed by atoms with Crippen LogP contribution < -0.4 is 0 Å². The largest absolute Gasteiger partial charge is 0.481 e. The zero-order chi connectivity index (χ0) is 10.8. The van der Waals surface area contributed by atoms with Crippen molar-refractivity contribution in [3.8, 4) is 0 Å². The lowest BCUT2D eigenvalue weighted by Crippen LogP contribution is -2.04. The molecule has 0 spiro atoms. The maximum absolute atomic E-state index is 12.0. The Bertz CT molecular complexity index is 334. The second-order valence-electron chi connectivity index (χ2n) is 2.54. The minimum absolute atomic E-state index is 0.0297. The maximum Gasteiger partial charge on any atom is 0.443 e. The fraction of sp³-hybridized carbons (Fsp3) is 0.429. The molecule has 1 rings (SSSR count). The van der Waals surface area contributed by atoms with Gasteiger partial charge in [0.05, 0.1) is 12.1 Å². The number of carbonyl (C=O) groups is 1. The van der Waals surface area contributed by atoms with Crippen molar-refractivity contribution < 1.29 is 23.1 Å². The molecule has 7 heteroatoms. The van der Waals surface area contributed by atoms with Gasteiger partial charge in [0.2, 0.25) is 0 Å². The molecular weight excluding hydrogens is 219 g/mol. The molecular formula is C7H6F3NO2S. The van der Waals surface area contributed by atoms with E-state index in [4.69, 9.17) is 5.11 Å². The summed E-state index contributed by atoms with van der Waals surface area (Å²) in [4.78, 5) is 13.4. The van der Waals surface area contributed by atoms with Gasteiger partial charge in [0.15, 0.2) is 5.01 Å². The molecule has 0 aliphatic carbocycles. The van der Waals surface area contributed by atoms with Gasteiger partial charge in [0.1, 0.15) is 0 Å². The number of aromatic nitrogens is 1. The summed E-state index contributed by atoms with van der Waals surface area (Å²) in [6, 6.07) is 0. The van der Waals surface area contributed by atoms with E-state index >= 15 is 0 Å². The molecule has 1 aromatic heterocycles. The van der Waals surface area contributed by atoms with Gasteiger partial charge >= 0.3 is 12.1 Å². The van der Waals surface area contributed by atoms with Crippen molar-refractivity contribution in [2.45, 2.75) is 19.0 Å². The highest BCUT2D eigenvalue weighted by Crippen LogP contribution is 2.31. The smallest absolute Gasteiger partial charge is 0.443 e. The van der Waals surface area contributed by atoms with Crippen molar-refractivity contribution >= 4 is 17.3 Å². The fourth-order valence-corrected chi connectivity index (χ4v) is 1.51. The van der Waals surface area contributed by atoms with E-state index < -0.39 is 17.2 Å². The normalized spacial score (nSPS) is 11.6. The molecule has 0 unspecified atom stereocenters. The Kier molecular flexibility index (Phi) is 3.10. The predicted octanol–water partition coefficient (Wildman–Crippen LogP) is 2.18. The van der Waals surface area contributed by atoms with Crippen LogP contribution in [-0.4, -0.2) is 16.1 Å². The summed E-state index contributed by atoms with van der Waals surface area (Å²) in [5.74, 6) is -1.05. The molecule has 0 aromatic carbocycles. The van der Waals surface area contributed by atoms with Gasteiger partial charge in [-0.05, 0) is 0 Å².